The van der Waals surface area contributed by atoms with Gasteiger partial charge in [0.05, 0.1) is 0 Å². The summed E-state index contributed by atoms with van der Waals surface area (Å²) in [5, 5.41) is 0. The third kappa shape index (κ3) is 2.89. The summed E-state index contributed by atoms with van der Waals surface area (Å²) < 4.78 is 17.4. The lowest BCUT2D eigenvalue weighted by Gasteiger charge is -2.15. The lowest BCUT2D eigenvalue weighted by Crippen LogP contribution is -1.97. The monoisotopic (exact) mass is 198 g/mol. The number of hydrogen-bond acceptors (Lipinski definition) is 2. The zero-order valence-electron chi connectivity index (χ0n) is 8.06. The molecule has 0 fully saturated rings. The van der Waals surface area contributed by atoms with Crippen LogP contribution in [0.3, 0.4) is 0 Å². The fraction of sp³-hybridized carbons (Fsp3) is 0.400. The molecular formula is C10H15O2P. The molecule has 72 valence electrons. The molecule has 0 heterocycles. The molecule has 0 aliphatic heterocycles. The van der Waals surface area contributed by atoms with Gasteiger partial charge >= 0.3 is 0 Å². The maximum atomic E-state index is 11.9. The highest BCUT2D eigenvalue weighted by atomic mass is 31.2. The SMILES string of the molecule is CCP(=O)(CC)Oc1ccccc1. The van der Waals surface area contributed by atoms with Crippen molar-refractivity contribution < 1.29 is 9.09 Å². The Hall–Kier alpha value is -0.750. The molecule has 0 spiro atoms. The second-order valence-corrected chi connectivity index (χ2v) is 5.93. The predicted octanol–water partition coefficient (Wildman–Crippen LogP) is 3.38. The first kappa shape index (κ1) is 10.3. The van der Waals surface area contributed by atoms with Crippen molar-refractivity contribution in [3.63, 3.8) is 0 Å². The molecule has 0 aliphatic carbocycles. The Balaban J connectivity index is 2.74. The van der Waals surface area contributed by atoms with Crippen LogP contribution in [0.15, 0.2) is 30.3 Å². The van der Waals surface area contributed by atoms with Gasteiger partial charge in [0, 0.05) is 12.3 Å². The third-order valence-corrected chi connectivity index (χ3v) is 4.45. The quantitative estimate of drug-likeness (QED) is 0.693. The third-order valence-electron chi connectivity index (χ3n) is 1.98. The van der Waals surface area contributed by atoms with E-state index in [4.69, 9.17) is 4.52 Å². The van der Waals surface area contributed by atoms with E-state index in [0.29, 0.717) is 18.1 Å². The van der Waals surface area contributed by atoms with E-state index in [1.165, 1.54) is 0 Å². The Kier molecular flexibility index (Phi) is 3.56. The van der Waals surface area contributed by atoms with Crippen LogP contribution >= 0.6 is 7.37 Å². The Morgan fingerprint density at radius 1 is 1.15 bits per heavy atom. The molecule has 1 aromatic carbocycles. The van der Waals surface area contributed by atoms with E-state index in [2.05, 4.69) is 0 Å². The first-order valence-electron chi connectivity index (χ1n) is 4.53. The second-order valence-electron chi connectivity index (χ2n) is 2.85. The first-order chi connectivity index (χ1) is 6.20. The topological polar surface area (TPSA) is 26.3 Å². The van der Waals surface area contributed by atoms with Crippen LogP contribution < -0.4 is 4.52 Å². The van der Waals surface area contributed by atoms with Gasteiger partial charge in [-0.1, -0.05) is 32.0 Å². The molecule has 0 radical (unpaired) electrons. The van der Waals surface area contributed by atoms with Crippen LogP contribution in [0.1, 0.15) is 13.8 Å². The number of rotatable bonds is 4. The van der Waals surface area contributed by atoms with E-state index in [0.717, 1.165) is 0 Å². The van der Waals surface area contributed by atoms with Gasteiger partial charge in [-0.15, -0.1) is 0 Å². The van der Waals surface area contributed by atoms with E-state index in [1.807, 2.05) is 44.2 Å². The standard InChI is InChI=1S/C10H15O2P/c1-3-13(11,4-2)12-10-8-6-5-7-9-10/h5-9H,3-4H2,1-2H3. The van der Waals surface area contributed by atoms with E-state index in [9.17, 15) is 4.57 Å². The van der Waals surface area contributed by atoms with E-state index >= 15 is 0 Å². The van der Waals surface area contributed by atoms with Gasteiger partial charge in [0.15, 0.2) is 0 Å². The maximum Gasteiger partial charge on any atom is 0.247 e. The van der Waals surface area contributed by atoms with Gasteiger partial charge in [0.25, 0.3) is 0 Å². The average molecular weight is 198 g/mol. The fourth-order valence-corrected chi connectivity index (χ4v) is 2.24. The molecule has 0 bridgehead atoms. The van der Waals surface area contributed by atoms with Crippen LogP contribution in [0.5, 0.6) is 5.75 Å². The normalized spacial score (nSPS) is 11.2. The van der Waals surface area contributed by atoms with Crippen LogP contribution in [0.4, 0.5) is 0 Å². The van der Waals surface area contributed by atoms with Crippen LogP contribution in [-0.4, -0.2) is 12.3 Å². The van der Waals surface area contributed by atoms with Gasteiger partial charge < -0.3 is 4.52 Å². The lowest BCUT2D eigenvalue weighted by molar-refractivity contribution is 0.484. The molecule has 0 amide bonds. The van der Waals surface area contributed by atoms with Gasteiger partial charge in [0.2, 0.25) is 7.37 Å². The summed E-state index contributed by atoms with van der Waals surface area (Å²) >= 11 is 0. The number of hydrogen-bond donors (Lipinski definition) is 0. The minimum Gasteiger partial charge on any atom is -0.443 e. The highest BCUT2D eigenvalue weighted by Gasteiger charge is 2.18. The van der Waals surface area contributed by atoms with E-state index in [1.54, 1.807) is 0 Å². The molecule has 3 heteroatoms. The number of para-hydroxylation sites is 1. The lowest BCUT2D eigenvalue weighted by atomic mass is 10.3. The first-order valence-corrected chi connectivity index (χ1v) is 6.52. The molecule has 1 rings (SSSR count). The Labute approximate surface area is 79.4 Å². The summed E-state index contributed by atoms with van der Waals surface area (Å²) in [4.78, 5) is 0. The largest absolute Gasteiger partial charge is 0.443 e. The van der Waals surface area contributed by atoms with Gasteiger partial charge in [-0.2, -0.15) is 0 Å². The van der Waals surface area contributed by atoms with Crippen LogP contribution in [0.25, 0.3) is 0 Å². The molecule has 2 nitrogen and oxygen atoms in total. The van der Waals surface area contributed by atoms with Gasteiger partial charge in [-0.05, 0) is 12.1 Å². The van der Waals surface area contributed by atoms with Crippen molar-refractivity contribution in [1.82, 2.24) is 0 Å². The van der Waals surface area contributed by atoms with Crippen molar-refractivity contribution >= 4 is 7.37 Å². The molecule has 0 N–H and O–H groups in total. The Bertz CT molecular complexity index is 287. The van der Waals surface area contributed by atoms with Crippen LogP contribution in [0.2, 0.25) is 0 Å². The van der Waals surface area contributed by atoms with Crippen molar-refractivity contribution in [2.75, 3.05) is 12.3 Å². The van der Waals surface area contributed by atoms with Gasteiger partial charge in [0.1, 0.15) is 5.75 Å². The molecule has 0 atom stereocenters. The molecular weight excluding hydrogens is 183 g/mol. The molecule has 0 saturated heterocycles. The summed E-state index contributed by atoms with van der Waals surface area (Å²) in [5.41, 5.74) is 0. The fourth-order valence-electron chi connectivity index (χ4n) is 1.03. The summed E-state index contributed by atoms with van der Waals surface area (Å²) in [7, 11) is -2.40. The smallest absolute Gasteiger partial charge is 0.247 e. The summed E-state index contributed by atoms with van der Waals surface area (Å²) in [5.74, 6) is 0.703. The van der Waals surface area contributed by atoms with Crippen molar-refractivity contribution in [2.24, 2.45) is 0 Å². The minimum atomic E-state index is -2.40. The Morgan fingerprint density at radius 3 is 2.15 bits per heavy atom. The predicted molar refractivity (Wildman–Crippen MR) is 55.8 cm³/mol. The van der Waals surface area contributed by atoms with Crippen molar-refractivity contribution in [3.05, 3.63) is 30.3 Å². The van der Waals surface area contributed by atoms with E-state index in [-0.39, 0.29) is 0 Å². The van der Waals surface area contributed by atoms with Crippen molar-refractivity contribution in [2.45, 2.75) is 13.8 Å². The molecule has 0 aromatic heterocycles. The zero-order chi connectivity index (χ0) is 9.73. The Morgan fingerprint density at radius 2 is 1.69 bits per heavy atom. The molecule has 0 unspecified atom stereocenters. The second kappa shape index (κ2) is 4.48. The van der Waals surface area contributed by atoms with Crippen molar-refractivity contribution in [1.29, 1.82) is 0 Å². The van der Waals surface area contributed by atoms with Crippen LogP contribution in [0, 0.1) is 0 Å². The maximum absolute atomic E-state index is 11.9. The summed E-state index contributed by atoms with van der Waals surface area (Å²) in [6, 6.07) is 9.33. The zero-order valence-corrected chi connectivity index (χ0v) is 8.96. The molecule has 0 saturated carbocycles. The van der Waals surface area contributed by atoms with Gasteiger partial charge in [-0.25, -0.2) is 0 Å². The average Bonchev–Trinajstić information content (AvgIpc) is 2.19. The number of benzene rings is 1. The molecule has 13 heavy (non-hydrogen) atoms. The minimum absolute atomic E-state index is 0.596. The highest BCUT2D eigenvalue weighted by molar-refractivity contribution is 7.59. The van der Waals surface area contributed by atoms with Crippen molar-refractivity contribution in [3.8, 4) is 5.75 Å². The van der Waals surface area contributed by atoms with E-state index < -0.39 is 7.37 Å². The van der Waals surface area contributed by atoms with Crippen LogP contribution in [-0.2, 0) is 4.57 Å². The molecule has 0 aliphatic rings. The molecule has 1 aromatic rings. The van der Waals surface area contributed by atoms with Gasteiger partial charge in [-0.3, -0.25) is 4.57 Å². The summed E-state index contributed by atoms with van der Waals surface area (Å²) in [6.45, 7) is 3.79. The highest BCUT2D eigenvalue weighted by Crippen LogP contribution is 2.45. The summed E-state index contributed by atoms with van der Waals surface area (Å²) in [6.07, 6.45) is 1.19.